The molecule has 4 nitrogen and oxygen atoms in total. The summed E-state index contributed by atoms with van der Waals surface area (Å²) in [4.78, 5) is 6.86. The molecule has 0 bridgehead atoms. The Morgan fingerprint density at radius 1 is 1.32 bits per heavy atom. The molecule has 19 heavy (non-hydrogen) atoms. The standard InChI is InChI=1S/C15H32N4/c1-11(2)19-8-12(3)13(9-19)18-14(16-7)17-10-15(4,5)6/h11-13H,8-10H2,1-7H3,(H2,16,17,18). The van der Waals surface area contributed by atoms with Crippen LogP contribution in [0, 0.1) is 11.3 Å². The van der Waals surface area contributed by atoms with Crippen molar-refractivity contribution in [2.45, 2.75) is 53.6 Å². The molecule has 0 aromatic rings. The van der Waals surface area contributed by atoms with Crippen molar-refractivity contribution < 1.29 is 0 Å². The molecule has 1 fully saturated rings. The van der Waals surface area contributed by atoms with Crippen LogP contribution < -0.4 is 10.6 Å². The third kappa shape index (κ3) is 5.39. The number of nitrogens with zero attached hydrogens (tertiary/aromatic N) is 2. The highest BCUT2D eigenvalue weighted by atomic mass is 15.3. The minimum atomic E-state index is 0.267. The van der Waals surface area contributed by atoms with Crippen molar-refractivity contribution in [1.82, 2.24) is 15.5 Å². The van der Waals surface area contributed by atoms with E-state index in [1.807, 2.05) is 7.05 Å². The molecule has 0 saturated carbocycles. The van der Waals surface area contributed by atoms with Gasteiger partial charge < -0.3 is 10.6 Å². The van der Waals surface area contributed by atoms with Crippen molar-refractivity contribution in [3.05, 3.63) is 0 Å². The van der Waals surface area contributed by atoms with Gasteiger partial charge in [0, 0.05) is 38.8 Å². The summed E-state index contributed by atoms with van der Waals surface area (Å²) in [6, 6.07) is 1.12. The maximum atomic E-state index is 4.33. The number of nitrogens with one attached hydrogen (secondary N) is 2. The molecule has 0 aliphatic carbocycles. The molecule has 2 unspecified atom stereocenters. The predicted molar refractivity (Wildman–Crippen MR) is 83.6 cm³/mol. The fourth-order valence-electron chi connectivity index (χ4n) is 2.33. The van der Waals surface area contributed by atoms with E-state index in [0.717, 1.165) is 19.0 Å². The zero-order valence-corrected chi connectivity index (χ0v) is 13.7. The SMILES string of the molecule is CN=C(NCC(C)(C)C)NC1CN(C(C)C)CC1C. The van der Waals surface area contributed by atoms with Gasteiger partial charge in [-0.25, -0.2) is 0 Å². The first-order valence-electron chi connectivity index (χ1n) is 7.44. The zero-order valence-electron chi connectivity index (χ0n) is 13.7. The Morgan fingerprint density at radius 2 is 1.95 bits per heavy atom. The van der Waals surface area contributed by atoms with E-state index in [1.165, 1.54) is 6.54 Å². The van der Waals surface area contributed by atoms with Crippen LogP contribution in [0.3, 0.4) is 0 Å². The number of aliphatic imine (C=N–C) groups is 1. The van der Waals surface area contributed by atoms with Crippen LogP contribution in [-0.4, -0.2) is 49.6 Å². The Kier molecular flexibility index (Phi) is 5.65. The highest BCUT2D eigenvalue weighted by Crippen LogP contribution is 2.18. The van der Waals surface area contributed by atoms with Gasteiger partial charge in [0.1, 0.15) is 0 Å². The van der Waals surface area contributed by atoms with Gasteiger partial charge in [0.05, 0.1) is 0 Å². The van der Waals surface area contributed by atoms with E-state index in [4.69, 9.17) is 0 Å². The van der Waals surface area contributed by atoms with Gasteiger partial charge in [0.2, 0.25) is 0 Å². The monoisotopic (exact) mass is 268 g/mol. The van der Waals surface area contributed by atoms with E-state index in [9.17, 15) is 0 Å². The van der Waals surface area contributed by atoms with E-state index in [2.05, 4.69) is 62.1 Å². The Hall–Kier alpha value is -0.770. The van der Waals surface area contributed by atoms with Gasteiger partial charge in [0.25, 0.3) is 0 Å². The van der Waals surface area contributed by atoms with E-state index < -0.39 is 0 Å². The summed E-state index contributed by atoms with van der Waals surface area (Å²) in [5.41, 5.74) is 0.267. The molecule has 2 atom stereocenters. The van der Waals surface area contributed by atoms with E-state index in [0.29, 0.717) is 18.0 Å². The van der Waals surface area contributed by atoms with Gasteiger partial charge in [-0.05, 0) is 25.2 Å². The van der Waals surface area contributed by atoms with Crippen LogP contribution in [0.1, 0.15) is 41.5 Å². The molecule has 1 saturated heterocycles. The number of likely N-dealkylation sites (tertiary alicyclic amines) is 1. The lowest BCUT2D eigenvalue weighted by Gasteiger charge is -2.24. The van der Waals surface area contributed by atoms with Crippen LogP contribution in [0.2, 0.25) is 0 Å². The summed E-state index contributed by atoms with van der Waals surface area (Å²) in [5, 5.41) is 6.99. The maximum absolute atomic E-state index is 4.33. The number of guanidine groups is 1. The van der Waals surface area contributed by atoms with Crippen LogP contribution in [0.25, 0.3) is 0 Å². The molecule has 0 spiro atoms. The Balaban J connectivity index is 2.48. The van der Waals surface area contributed by atoms with Gasteiger partial charge in [-0.15, -0.1) is 0 Å². The van der Waals surface area contributed by atoms with E-state index in [-0.39, 0.29) is 5.41 Å². The second-order valence-electron chi connectivity index (χ2n) is 7.26. The van der Waals surface area contributed by atoms with Crippen molar-refractivity contribution in [3.8, 4) is 0 Å². The minimum Gasteiger partial charge on any atom is -0.356 e. The topological polar surface area (TPSA) is 39.7 Å². The number of hydrogen-bond donors (Lipinski definition) is 2. The van der Waals surface area contributed by atoms with Crippen molar-refractivity contribution in [2.24, 2.45) is 16.3 Å². The van der Waals surface area contributed by atoms with Crippen molar-refractivity contribution >= 4 is 5.96 Å². The Labute approximate surface area is 119 Å². The molecule has 4 heteroatoms. The average Bonchev–Trinajstić information content (AvgIpc) is 2.65. The van der Waals surface area contributed by atoms with Crippen LogP contribution in [0.15, 0.2) is 4.99 Å². The Morgan fingerprint density at radius 3 is 2.37 bits per heavy atom. The average molecular weight is 268 g/mol. The zero-order chi connectivity index (χ0) is 14.6. The van der Waals surface area contributed by atoms with Crippen LogP contribution in [0.5, 0.6) is 0 Å². The maximum Gasteiger partial charge on any atom is 0.191 e. The molecule has 0 aromatic carbocycles. The number of hydrogen-bond acceptors (Lipinski definition) is 2. The molecule has 1 rings (SSSR count). The molecular formula is C15H32N4. The fraction of sp³-hybridized carbons (Fsp3) is 0.933. The molecule has 112 valence electrons. The normalized spacial score (nSPS) is 26.0. The van der Waals surface area contributed by atoms with Gasteiger partial charge in [-0.3, -0.25) is 9.89 Å². The molecule has 0 amide bonds. The summed E-state index contributed by atoms with van der Waals surface area (Å²) in [6.45, 7) is 16.7. The van der Waals surface area contributed by atoms with Gasteiger partial charge in [-0.2, -0.15) is 0 Å². The first-order valence-corrected chi connectivity index (χ1v) is 7.44. The van der Waals surface area contributed by atoms with Gasteiger partial charge >= 0.3 is 0 Å². The molecule has 1 aliphatic rings. The highest BCUT2D eigenvalue weighted by Gasteiger charge is 2.31. The smallest absolute Gasteiger partial charge is 0.191 e. The first-order chi connectivity index (χ1) is 8.73. The molecular weight excluding hydrogens is 236 g/mol. The third-order valence-corrected chi connectivity index (χ3v) is 3.70. The van der Waals surface area contributed by atoms with Crippen LogP contribution in [-0.2, 0) is 0 Å². The molecule has 0 aromatic heterocycles. The highest BCUT2D eigenvalue weighted by molar-refractivity contribution is 5.80. The summed E-state index contributed by atoms with van der Waals surface area (Å²) in [6.07, 6.45) is 0. The molecule has 1 heterocycles. The fourth-order valence-corrected chi connectivity index (χ4v) is 2.33. The van der Waals surface area contributed by atoms with Crippen molar-refractivity contribution in [1.29, 1.82) is 0 Å². The summed E-state index contributed by atoms with van der Waals surface area (Å²) in [5.74, 6) is 1.59. The summed E-state index contributed by atoms with van der Waals surface area (Å²) in [7, 11) is 1.85. The Bertz CT molecular complexity index is 304. The molecule has 1 aliphatic heterocycles. The second kappa shape index (κ2) is 6.60. The lowest BCUT2D eigenvalue weighted by atomic mass is 9.97. The van der Waals surface area contributed by atoms with Gasteiger partial charge in [-0.1, -0.05) is 27.7 Å². The van der Waals surface area contributed by atoms with Crippen molar-refractivity contribution in [3.63, 3.8) is 0 Å². The largest absolute Gasteiger partial charge is 0.356 e. The summed E-state index contributed by atoms with van der Waals surface area (Å²) < 4.78 is 0. The number of rotatable bonds is 3. The van der Waals surface area contributed by atoms with Gasteiger partial charge in [0.15, 0.2) is 5.96 Å². The van der Waals surface area contributed by atoms with Crippen LogP contribution in [0.4, 0.5) is 0 Å². The molecule has 0 radical (unpaired) electrons. The molecule has 2 N–H and O–H groups in total. The lowest BCUT2D eigenvalue weighted by molar-refractivity contribution is 0.265. The quantitative estimate of drug-likeness (QED) is 0.607. The predicted octanol–water partition coefficient (Wildman–Crippen LogP) is 1.93. The summed E-state index contributed by atoms with van der Waals surface area (Å²) >= 11 is 0. The first kappa shape index (κ1) is 16.3. The lowest BCUT2D eigenvalue weighted by Crippen LogP contribution is -2.48. The second-order valence-corrected chi connectivity index (χ2v) is 7.26. The van der Waals surface area contributed by atoms with Crippen molar-refractivity contribution in [2.75, 3.05) is 26.7 Å². The minimum absolute atomic E-state index is 0.267. The van der Waals surface area contributed by atoms with Crippen LogP contribution >= 0.6 is 0 Å². The third-order valence-electron chi connectivity index (χ3n) is 3.70. The van der Waals surface area contributed by atoms with E-state index >= 15 is 0 Å². The van der Waals surface area contributed by atoms with E-state index in [1.54, 1.807) is 0 Å².